The lowest BCUT2D eigenvalue weighted by Crippen LogP contribution is -2.47. The van der Waals surface area contributed by atoms with E-state index in [2.05, 4.69) is 42.2 Å². The highest BCUT2D eigenvalue weighted by Gasteiger charge is 2.54. The first kappa shape index (κ1) is 22.6. The van der Waals surface area contributed by atoms with E-state index in [4.69, 9.17) is 4.74 Å². The fourth-order valence-corrected chi connectivity index (χ4v) is 6.65. The zero-order valence-electron chi connectivity index (χ0n) is 19.7. The van der Waals surface area contributed by atoms with E-state index in [-0.39, 0.29) is 24.1 Å². The average molecular weight is 448 g/mol. The Morgan fingerprint density at radius 1 is 0.939 bits per heavy atom. The van der Waals surface area contributed by atoms with Gasteiger partial charge in [0.1, 0.15) is 6.10 Å². The number of benzene rings is 2. The van der Waals surface area contributed by atoms with Gasteiger partial charge in [-0.15, -0.1) is 0 Å². The maximum Gasteiger partial charge on any atom is 0.343 e. The monoisotopic (exact) mass is 447 g/mol. The van der Waals surface area contributed by atoms with Crippen LogP contribution in [0.25, 0.3) is 0 Å². The number of esters is 1. The molecule has 1 heterocycles. The fourth-order valence-electron chi connectivity index (χ4n) is 6.65. The third kappa shape index (κ3) is 4.24. The molecule has 1 aliphatic heterocycles. The highest BCUT2D eigenvalue weighted by molar-refractivity contribution is 5.82. The standard InChI is InChI=1S/C29H37NO3/c1-21(22-12-6-4-7-13-22)30-20-23-18-19-26(30)27(23)33-28(31)29(32,25-16-10-5-11-17-25)24-14-8-2-3-9-15-24/h4-7,10-13,16-17,21,23-24,26-27,32H,2-3,8-9,14-15,18-20H2,1H3. The molecule has 0 amide bonds. The molecule has 176 valence electrons. The zero-order chi connectivity index (χ0) is 22.8. The Morgan fingerprint density at radius 2 is 1.58 bits per heavy atom. The summed E-state index contributed by atoms with van der Waals surface area (Å²) in [5.74, 6) is -0.177. The second-order valence-electron chi connectivity index (χ2n) is 10.4. The number of nitrogens with zero attached hydrogens (tertiary/aromatic N) is 1. The molecule has 2 aromatic carbocycles. The lowest BCUT2D eigenvalue weighted by Gasteiger charge is -2.36. The number of hydrogen-bond donors (Lipinski definition) is 1. The largest absolute Gasteiger partial charge is 0.458 e. The van der Waals surface area contributed by atoms with Crippen molar-refractivity contribution in [3.63, 3.8) is 0 Å². The van der Waals surface area contributed by atoms with Crippen molar-refractivity contribution in [3.05, 3.63) is 71.8 Å². The first-order chi connectivity index (χ1) is 16.1. The quantitative estimate of drug-likeness (QED) is 0.462. The van der Waals surface area contributed by atoms with Crippen LogP contribution in [0.4, 0.5) is 0 Å². The van der Waals surface area contributed by atoms with Gasteiger partial charge in [-0.05, 0) is 43.7 Å². The maximum absolute atomic E-state index is 13.8. The number of carbonyl (C=O) groups excluding carboxylic acids is 1. The minimum Gasteiger partial charge on any atom is -0.458 e. The smallest absolute Gasteiger partial charge is 0.343 e. The third-order valence-electron chi connectivity index (χ3n) is 8.54. The summed E-state index contributed by atoms with van der Waals surface area (Å²) in [5, 5.41) is 12.0. The van der Waals surface area contributed by atoms with E-state index in [1.54, 1.807) is 0 Å². The summed E-state index contributed by atoms with van der Waals surface area (Å²) in [6, 6.07) is 20.6. The summed E-state index contributed by atoms with van der Waals surface area (Å²) in [4.78, 5) is 16.3. The maximum atomic E-state index is 13.8. The Kier molecular flexibility index (Phi) is 6.58. The van der Waals surface area contributed by atoms with Crippen molar-refractivity contribution < 1.29 is 14.6 Å². The summed E-state index contributed by atoms with van der Waals surface area (Å²) in [6.07, 6.45) is 8.22. The summed E-state index contributed by atoms with van der Waals surface area (Å²) in [6.45, 7) is 3.20. The Labute approximate surface area is 198 Å². The molecule has 33 heavy (non-hydrogen) atoms. The van der Waals surface area contributed by atoms with Gasteiger partial charge >= 0.3 is 5.97 Å². The molecule has 2 aliphatic carbocycles. The first-order valence-electron chi connectivity index (χ1n) is 12.9. The van der Waals surface area contributed by atoms with Crippen molar-refractivity contribution in [2.45, 2.75) is 82.1 Å². The molecule has 5 rings (SSSR count). The Bertz CT molecular complexity index is 924. The van der Waals surface area contributed by atoms with Crippen LogP contribution >= 0.6 is 0 Å². The molecule has 0 spiro atoms. The van der Waals surface area contributed by atoms with Crippen LogP contribution in [0.15, 0.2) is 60.7 Å². The van der Waals surface area contributed by atoms with Crippen LogP contribution in [0.3, 0.4) is 0 Å². The fraction of sp³-hybridized carbons (Fsp3) is 0.552. The minimum absolute atomic E-state index is 0.0895. The number of likely N-dealkylation sites (tertiary alicyclic amines) is 1. The van der Waals surface area contributed by atoms with E-state index < -0.39 is 11.6 Å². The molecular weight excluding hydrogens is 410 g/mol. The van der Waals surface area contributed by atoms with Gasteiger partial charge in [-0.2, -0.15) is 0 Å². The highest BCUT2D eigenvalue weighted by Crippen LogP contribution is 2.46. The molecule has 0 radical (unpaired) electrons. The van der Waals surface area contributed by atoms with Crippen molar-refractivity contribution in [2.24, 2.45) is 11.8 Å². The van der Waals surface area contributed by atoms with Crippen LogP contribution in [-0.2, 0) is 15.1 Å². The van der Waals surface area contributed by atoms with Crippen LogP contribution < -0.4 is 0 Å². The van der Waals surface area contributed by atoms with Crippen molar-refractivity contribution in [2.75, 3.05) is 6.54 Å². The molecule has 1 saturated heterocycles. The van der Waals surface area contributed by atoms with Gasteiger partial charge in [-0.1, -0.05) is 86.3 Å². The number of ether oxygens (including phenoxy) is 1. The number of aliphatic hydroxyl groups is 1. The lowest BCUT2D eigenvalue weighted by molar-refractivity contribution is -0.182. The summed E-state index contributed by atoms with van der Waals surface area (Å²) < 4.78 is 6.30. The second-order valence-corrected chi connectivity index (χ2v) is 10.4. The third-order valence-corrected chi connectivity index (χ3v) is 8.54. The van der Waals surface area contributed by atoms with Crippen LogP contribution in [0, 0.1) is 11.8 Å². The molecule has 3 fully saturated rings. The Balaban J connectivity index is 1.37. The first-order valence-corrected chi connectivity index (χ1v) is 12.9. The Hall–Kier alpha value is -2.17. The van der Waals surface area contributed by atoms with E-state index in [9.17, 15) is 9.90 Å². The minimum atomic E-state index is -1.57. The van der Waals surface area contributed by atoms with Crippen molar-refractivity contribution in [1.29, 1.82) is 0 Å². The van der Waals surface area contributed by atoms with Crippen LogP contribution in [0.2, 0.25) is 0 Å². The molecule has 5 atom stereocenters. The van der Waals surface area contributed by atoms with E-state index in [1.807, 2.05) is 30.3 Å². The molecule has 1 N–H and O–H groups in total. The summed E-state index contributed by atoms with van der Waals surface area (Å²) >= 11 is 0. The molecular formula is C29H37NO3. The van der Waals surface area contributed by atoms with E-state index >= 15 is 0 Å². The number of hydrogen-bond acceptors (Lipinski definition) is 4. The SMILES string of the molecule is CC(c1ccccc1)N1CC2CCC1C2OC(=O)C(O)(c1ccccc1)C1CCCCCC1. The molecule has 4 nitrogen and oxygen atoms in total. The molecule has 0 aromatic heterocycles. The van der Waals surface area contributed by atoms with Gasteiger partial charge in [0, 0.05) is 30.5 Å². The van der Waals surface area contributed by atoms with Gasteiger partial charge < -0.3 is 9.84 Å². The predicted molar refractivity (Wildman–Crippen MR) is 129 cm³/mol. The van der Waals surface area contributed by atoms with E-state index in [1.165, 1.54) is 18.4 Å². The molecule has 3 aliphatic rings. The van der Waals surface area contributed by atoms with E-state index in [0.717, 1.165) is 45.1 Å². The van der Waals surface area contributed by atoms with Gasteiger partial charge in [0.05, 0.1) is 0 Å². The van der Waals surface area contributed by atoms with Crippen LogP contribution in [-0.4, -0.2) is 34.7 Å². The van der Waals surface area contributed by atoms with E-state index in [0.29, 0.717) is 11.5 Å². The van der Waals surface area contributed by atoms with Gasteiger partial charge in [-0.3, -0.25) is 4.90 Å². The summed E-state index contributed by atoms with van der Waals surface area (Å²) in [7, 11) is 0. The Morgan fingerprint density at radius 3 is 2.24 bits per heavy atom. The van der Waals surface area contributed by atoms with Crippen LogP contribution in [0.1, 0.15) is 75.5 Å². The van der Waals surface area contributed by atoms with Gasteiger partial charge in [0.2, 0.25) is 0 Å². The predicted octanol–water partition coefficient (Wildman–Crippen LogP) is 5.61. The van der Waals surface area contributed by atoms with Gasteiger partial charge in [0.15, 0.2) is 5.60 Å². The number of rotatable bonds is 6. The van der Waals surface area contributed by atoms with Crippen molar-refractivity contribution in [1.82, 2.24) is 4.90 Å². The van der Waals surface area contributed by atoms with Crippen LogP contribution in [0.5, 0.6) is 0 Å². The second kappa shape index (κ2) is 9.60. The topological polar surface area (TPSA) is 49.8 Å². The average Bonchev–Trinajstić information content (AvgIpc) is 3.26. The molecule has 5 unspecified atom stereocenters. The lowest BCUT2D eigenvalue weighted by atomic mass is 9.77. The molecule has 4 heteroatoms. The van der Waals surface area contributed by atoms with Crippen molar-refractivity contribution in [3.8, 4) is 0 Å². The molecule has 2 bridgehead atoms. The summed E-state index contributed by atoms with van der Waals surface area (Å²) in [5.41, 5.74) is 0.417. The molecule has 2 aromatic rings. The molecule has 2 saturated carbocycles. The number of piperidine rings is 1. The van der Waals surface area contributed by atoms with Crippen molar-refractivity contribution >= 4 is 5.97 Å². The zero-order valence-corrected chi connectivity index (χ0v) is 19.7. The normalized spacial score (nSPS) is 28.7. The highest BCUT2D eigenvalue weighted by atomic mass is 16.6. The number of carbonyl (C=O) groups is 1. The number of fused-ring (bicyclic) bond motifs is 2. The van der Waals surface area contributed by atoms with Gasteiger partial charge in [-0.25, -0.2) is 4.79 Å². The van der Waals surface area contributed by atoms with Gasteiger partial charge in [0.25, 0.3) is 0 Å².